The number of nitrogens with one attached hydrogen (secondary N) is 3. The summed E-state index contributed by atoms with van der Waals surface area (Å²) in [5.74, 6) is 2.37. The third-order valence-corrected chi connectivity index (χ3v) is 5.94. The van der Waals surface area contributed by atoms with Crippen molar-refractivity contribution in [3.63, 3.8) is 0 Å². The number of H-pyrrole nitrogens is 2. The summed E-state index contributed by atoms with van der Waals surface area (Å²) in [6.45, 7) is 0. The zero-order chi connectivity index (χ0) is 18.2. The lowest BCUT2D eigenvalue weighted by molar-refractivity contribution is 0.315. The maximum atomic E-state index is 4.89. The highest BCUT2D eigenvalue weighted by molar-refractivity contribution is 9.10. The van der Waals surface area contributed by atoms with Crippen molar-refractivity contribution >= 4 is 43.8 Å². The summed E-state index contributed by atoms with van der Waals surface area (Å²) < 4.78 is 0.902. The molecule has 1 aliphatic rings. The van der Waals surface area contributed by atoms with Crippen molar-refractivity contribution < 1.29 is 0 Å². The van der Waals surface area contributed by atoms with E-state index in [4.69, 9.17) is 4.98 Å². The number of fused-ring (bicyclic) bond motifs is 2. The minimum absolute atomic E-state index is 0.101. The van der Waals surface area contributed by atoms with Gasteiger partial charge in [-0.15, -0.1) is 0 Å². The highest BCUT2D eigenvalue weighted by Crippen LogP contribution is 2.37. The zero-order valence-electron chi connectivity index (χ0n) is 14.9. The van der Waals surface area contributed by atoms with Crippen molar-refractivity contribution in [3.8, 4) is 0 Å². The normalized spacial score (nSPS) is 16.8. The number of imidazole rings is 1. The SMILES string of the molecule is Brc1cc2c(NC(c3nc4ccccc4[nH]3)C3CCCCC3)ncnc2[nH]1. The Morgan fingerprint density at radius 3 is 2.78 bits per heavy atom. The van der Waals surface area contributed by atoms with Gasteiger partial charge in [-0.3, -0.25) is 0 Å². The van der Waals surface area contributed by atoms with Crippen molar-refractivity contribution in [2.75, 3.05) is 5.32 Å². The van der Waals surface area contributed by atoms with Gasteiger partial charge in [0.15, 0.2) is 0 Å². The van der Waals surface area contributed by atoms with E-state index in [1.54, 1.807) is 6.33 Å². The average Bonchev–Trinajstić information content (AvgIpc) is 3.29. The van der Waals surface area contributed by atoms with E-state index in [0.29, 0.717) is 5.92 Å². The van der Waals surface area contributed by atoms with E-state index in [2.05, 4.69) is 53.3 Å². The minimum Gasteiger partial charge on any atom is -0.359 e. The number of aromatic nitrogens is 5. The Balaban J connectivity index is 1.56. The predicted octanol–water partition coefficient (Wildman–Crippen LogP) is 5.33. The summed E-state index contributed by atoms with van der Waals surface area (Å²) in [7, 11) is 0. The number of aromatic amines is 2. The molecular formula is C20H21BrN6. The number of anilines is 1. The van der Waals surface area contributed by atoms with Crippen LogP contribution in [0.5, 0.6) is 0 Å². The molecule has 0 spiro atoms. The number of hydrogen-bond acceptors (Lipinski definition) is 4. The van der Waals surface area contributed by atoms with Crippen LogP contribution in [0.3, 0.4) is 0 Å². The second-order valence-corrected chi connectivity index (χ2v) is 8.12. The molecule has 1 fully saturated rings. The predicted molar refractivity (Wildman–Crippen MR) is 111 cm³/mol. The number of nitrogens with zero attached hydrogens (tertiary/aromatic N) is 3. The fraction of sp³-hybridized carbons (Fsp3) is 0.350. The third kappa shape index (κ3) is 3.20. The molecule has 27 heavy (non-hydrogen) atoms. The van der Waals surface area contributed by atoms with Crippen LogP contribution in [0.4, 0.5) is 5.82 Å². The summed E-state index contributed by atoms with van der Waals surface area (Å²) in [5, 5.41) is 4.68. The Kier molecular flexibility index (Phi) is 4.32. The summed E-state index contributed by atoms with van der Waals surface area (Å²) in [6.07, 6.45) is 7.89. The molecule has 1 unspecified atom stereocenters. The van der Waals surface area contributed by atoms with Gasteiger partial charge in [0, 0.05) is 0 Å². The number of halogens is 1. The Hall–Kier alpha value is -2.41. The lowest BCUT2D eigenvalue weighted by atomic mass is 9.83. The van der Waals surface area contributed by atoms with E-state index in [9.17, 15) is 0 Å². The van der Waals surface area contributed by atoms with Gasteiger partial charge in [-0.1, -0.05) is 31.4 Å². The van der Waals surface area contributed by atoms with Crippen LogP contribution in [0.2, 0.25) is 0 Å². The highest BCUT2D eigenvalue weighted by Gasteiger charge is 2.28. The molecule has 1 atom stereocenters. The second kappa shape index (κ2) is 6.96. The van der Waals surface area contributed by atoms with Crippen LogP contribution < -0.4 is 5.32 Å². The van der Waals surface area contributed by atoms with Crippen molar-refractivity contribution in [2.24, 2.45) is 5.92 Å². The number of hydrogen-bond donors (Lipinski definition) is 3. The number of rotatable bonds is 4. The van der Waals surface area contributed by atoms with Crippen LogP contribution in [-0.4, -0.2) is 24.9 Å². The van der Waals surface area contributed by atoms with Gasteiger partial charge in [0.2, 0.25) is 0 Å². The number of para-hydroxylation sites is 2. The first-order valence-electron chi connectivity index (χ1n) is 9.48. The Morgan fingerprint density at radius 1 is 1.07 bits per heavy atom. The van der Waals surface area contributed by atoms with Crippen LogP contribution in [0.1, 0.15) is 44.0 Å². The van der Waals surface area contributed by atoms with E-state index in [1.165, 1.54) is 32.1 Å². The van der Waals surface area contributed by atoms with E-state index in [-0.39, 0.29) is 6.04 Å². The highest BCUT2D eigenvalue weighted by atomic mass is 79.9. The standard InChI is InChI=1S/C20H21BrN6/c21-16-10-13-18(26-16)22-11-23-19(13)27-17(12-6-2-1-3-7-12)20-24-14-8-4-5-9-15(14)25-20/h4-5,8-12,17H,1-3,6-7H2,(H,24,25)(H2,22,23,26,27). The number of benzene rings is 1. The van der Waals surface area contributed by atoms with E-state index in [1.807, 2.05) is 18.2 Å². The van der Waals surface area contributed by atoms with Crippen molar-refractivity contribution in [1.29, 1.82) is 0 Å². The van der Waals surface area contributed by atoms with Crippen molar-refractivity contribution in [2.45, 2.75) is 38.1 Å². The monoisotopic (exact) mass is 424 g/mol. The first-order chi connectivity index (χ1) is 13.3. The van der Waals surface area contributed by atoms with Crippen LogP contribution in [0.15, 0.2) is 41.3 Å². The Morgan fingerprint density at radius 2 is 1.93 bits per heavy atom. The van der Waals surface area contributed by atoms with Gasteiger partial charge in [-0.05, 0) is 52.9 Å². The van der Waals surface area contributed by atoms with Crippen LogP contribution in [0.25, 0.3) is 22.1 Å². The molecule has 0 amide bonds. The summed E-state index contributed by atoms with van der Waals surface area (Å²) >= 11 is 3.50. The quantitative estimate of drug-likeness (QED) is 0.413. The van der Waals surface area contributed by atoms with Gasteiger partial charge in [0.1, 0.15) is 23.6 Å². The smallest absolute Gasteiger partial charge is 0.143 e. The maximum Gasteiger partial charge on any atom is 0.143 e. The Bertz CT molecular complexity index is 1050. The van der Waals surface area contributed by atoms with Crippen molar-refractivity contribution in [1.82, 2.24) is 24.9 Å². The zero-order valence-corrected chi connectivity index (χ0v) is 16.5. The molecule has 3 heterocycles. The second-order valence-electron chi connectivity index (χ2n) is 7.26. The largest absolute Gasteiger partial charge is 0.359 e. The third-order valence-electron chi connectivity index (χ3n) is 5.51. The average molecular weight is 425 g/mol. The molecule has 138 valence electrons. The van der Waals surface area contributed by atoms with Crippen LogP contribution >= 0.6 is 15.9 Å². The molecule has 3 N–H and O–H groups in total. The summed E-state index contributed by atoms with van der Waals surface area (Å²) in [5.41, 5.74) is 2.91. The molecule has 3 aromatic heterocycles. The molecule has 1 saturated carbocycles. The fourth-order valence-corrected chi connectivity index (χ4v) is 4.58. The van der Waals surface area contributed by atoms with Crippen LogP contribution in [-0.2, 0) is 0 Å². The van der Waals surface area contributed by atoms with Gasteiger partial charge in [-0.25, -0.2) is 15.0 Å². The molecule has 1 aromatic carbocycles. The molecule has 6 nitrogen and oxygen atoms in total. The van der Waals surface area contributed by atoms with E-state index in [0.717, 1.165) is 38.3 Å². The van der Waals surface area contributed by atoms with E-state index < -0.39 is 0 Å². The van der Waals surface area contributed by atoms with Gasteiger partial charge in [0.25, 0.3) is 0 Å². The maximum absolute atomic E-state index is 4.89. The van der Waals surface area contributed by atoms with Gasteiger partial charge < -0.3 is 15.3 Å². The molecule has 4 aromatic rings. The first-order valence-corrected chi connectivity index (χ1v) is 10.3. The molecule has 5 rings (SSSR count). The Labute approximate surface area is 165 Å². The molecule has 0 radical (unpaired) electrons. The van der Waals surface area contributed by atoms with Crippen LogP contribution in [0, 0.1) is 5.92 Å². The molecule has 7 heteroatoms. The van der Waals surface area contributed by atoms with E-state index >= 15 is 0 Å². The minimum atomic E-state index is 0.101. The van der Waals surface area contributed by atoms with Gasteiger partial charge in [0.05, 0.1) is 27.1 Å². The van der Waals surface area contributed by atoms with Gasteiger partial charge >= 0.3 is 0 Å². The topological polar surface area (TPSA) is 82.3 Å². The lowest BCUT2D eigenvalue weighted by Gasteiger charge is -2.30. The lowest BCUT2D eigenvalue weighted by Crippen LogP contribution is -2.24. The fourth-order valence-electron chi connectivity index (χ4n) is 4.17. The van der Waals surface area contributed by atoms with Gasteiger partial charge in [-0.2, -0.15) is 0 Å². The summed E-state index contributed by atoms with van der Waals surface area (Å²) in [4.78, 5) is 20.5. The first kappa shape index (κ1) is 16.7. The molecule has 0 saturated heterocycles. The van der Waals surface area contributed by atoms with Crippen molar-refractivity contribution in [3.05, 3.63) is 47.1 Å². The summed E-state index contributed by atoms with van der Waals surface area (Å²) in [6, 6.07) is 10.3. The molecular weight excluding hydrogens is 404 g/mol. The molecule has 1 aliphatic carbocycles. The molecule has 0 bridgehead atoms. The molecule has 0 aliphatic heterocycles.